The minimum absolute atomic E-state index is 0.0245. The zero-order chi connectivity index (χ0) is 12.4. The number of hydrogen-bond donors (Lipinski definition) is 2. The topological polar surface area (TPSA) is 57.5 Å². The molecular weight excluding hydrogens is 230 g/mol. The van der Waals surface area contributed by atoms with E-state index in [0.717, 1.165) is 19.3 Å². The molecular formula is C12H14F2O3. The predicted octanol–water partition coefficient (Wildman–Crippen LogP) is 1.67. The van der Waals surface area contributed by atoms with Crippen LogP contribution >= 0.6 is 0 Å². The maximum absolute atomic E-state index is 13.3. The van der Waals surface area contributed by atoms with E-state index < -0.39 is 23.9 Å². The van der Waals surface area contributed by atoms with Crippen LogP contribution in [0.5, 0.6) is 0 Å². The van der Waals surface area contributed by atoms with Gasteiger partial charge >= 0.3 is 11.9 Å². The average Bonchev–Trinajstić information content (AvgIpc) is 2.28. The van der Waals surface area contributed by atoms with Crippen LogP contribution in [0.2, 0.25) is 0 Å². The first kappa shape index (κ1) is 11.1. The molecule has 5 heteroatoms. The summed E-state index contributed by atoms with van der Waals surface area (Å²) in [7, 11) is 0. The third kappa shape index (κ3) is 1.38. The zero-order valence-electron chi connectivity index (χ0n) is 9.14. The minimum atomic E-state index is -4.05. The lowest BCUT2D eigenvalue weighted by Gasteiger charge is -2.55. The maximum atomic E-state index is 13.3. The summed E-state index contributed by atoms with van der Waals surface area (Å²) in [5.74, 6) is -5.93. The molecule has 0 radical (unpaired) electrons. The lowest BCUT2D eigenvalue weighted by atomic mass is 9.50. The van der Waals surface area contributed by atoms with E-state index in [4.69, 9.17) is 5.11 Å². The van der Waals surface area contributed by atoms with Gasteiger partial charge in [0.05, 0.1) is 0 Å². The Morgan fingerprint density at radius 3 is 2.35 bits per heavy atom. The molecule has 0 amide bonds. The highest BCUT2D eigenvalue weighted by Crippen LogP contribution is 2.59. The number of carboxylic acid groups (broad SMARTS) is 1. The second-order valence-electron chi connectivity index (χ2n) is 5.48. The van der Waals surface area contributed by atoms with Crippen LogP contribution in [-0.2, 0) is 4.79 Å². The molecule has 0 aliphatic heterocycles. The number of hydrogen-bond acceptors (Lipinski definition) is 2. The van der Waals surface area contributed by atoms with Gasteiger partial charge in [-0.05, 0) is 37.0 Å². The van der Waals surface area contributed by atoms with Crippen molar-refractivity contribution < 1.29 is 23.8 Å². The van der Waals surface area contributed by atoms with Crippen LogP contribution in [0.3, 0.4) is 0 Å². The standard InChI is InChI=1S/C12H14F2O3/c13-12(14,11(16)17)10(15)9-4-8-5-1-6(8)3-7(9)2-5/h4-7,9-10,15H,1-3H2,(H,16,17). The van der Waals surface area contributed by atoms with Crippen molar-refractivity contribution in [1.29, 1.82) is 0 Å². The van der Waals surface area contributed by atoms with Crippen molar-refractivity contribution in [3.63, 3.8) is 0 Å². The molecule has 5 rings (SSSR count). The highest BCUT2D eigenvalue weighted by molar-refractivity contribution is 5.76. The maximum Gasteiger partial charge on any atom is 0.377 e. The summed E-state index contributed by atoms with van der Waals surface area (Å²) in [5.41, 5.74) is 1.18. The molecule has 4 unspecified atom stereocenters. The highest BCUT2D eigenvalue weighted by Gasteiger charge is 2.56. The number of alkyl halides is 2. The van der Waals surface area contributed by atoms with E-state index in [9.17, 15) is 18.7 Å². The van der Waals surface area contributed by atoms with Crippen molar-refractivity contribution in [2.75, 3.05) is 0 Å². The lowest BCUT2D eigenvalue weighted by molar-refractivity contribution is -0.190. The lowest BCUT2D eigenvalue weighted by Crippen LogP contribution is -2.53. The van der Waals surface area contributed by atoms with Gasteiger partial charge in [-0.2, -0.15) is 8.78 Å². The van der Waals surface area contributed by atoms with Gasteiger partial charge in [0.2, 0.25) is 0 Å². The van der Waals surface area contributed by atoms with Crippen LogP contribution in [0.15, 0.2) is 11.6 Å². The molecule has 3 nitrogen and oxygen atoms in total. The quantitative estimate of drug-likeness (QED) is 0.742. The van der Waals surface area contributed by atoms with E-state index in [1.54, 1.807) is 6.08 Å². The number of aliphatic hydroxyl groups is 1. The third-order valence-corrected chi connectivity index (χ3v) is 4.64. The smallest absolute Gasteiger partial charge is 0.377 e. The van der Waals surface area contributed by atoms with Crippen molar-refractivity contribution in [3.8, 4) is 0 Å². The van der Waals surface area contributed by atoms with Gasteiger partial charge in [0.25, 0.3) is 0 Å². The Bertz CT molecular complexity index is 391. The Labute approximate surface area is 97.1 Å². The van der Waals surface area contributed by atoms with E-state index >= 15 is 0 Å². The second-order valence-corrected chi connectivity index (χ2v) is 5.48. The van der Waals surface area contributed by atoms with Gasteiger partial charge < -0.3 is 10.2 Å². The van der Waals surface area contributed by atoms with Crippen LogP contribution in [0.1, 0.15) is 19.3 Å². The fourth-order valence-electron chi connectivity index (χ4n) is 3.74. The molecule has 0 aromatic carbocycles. The first-order valence-electron chi connectivity index (χ1n) is 5.92. The molecule has 0 heterocycles. The Morgan fingerprint density at radius 1 is 1.35 bits per heavy atom. The number of carbonyl (C=O) groups is 1. The molecule has 2 N–H and O–H groups in total. The normalized spacial score (nSPS) is 40.5. The number of aliphatic hydroxyl groups excluding tert-OH is 1. The third-order valence-electron chi connectivity index (χ3n) is 4.64. The average molecular weight is 244 g/mol. The molecule has 0 saturated heterocycles. The van der Waals surface area contributed by atoms with E-state index in [-0.39, 0.29) is 5.92 Å². The monoisotopic (exact) mass is 244 g/mol. The number of fused-ring (bicyclic) bond motifs is 1. The van der Waals surface area contributed by atoms with Gasteiger partial charge in [0.1, 0.15) is 6.10 Å². The minimum Gasteiger partial charge on any atom is -0.477 e. The predicted molar refractivity (Wildman–Crippen MR) is 54.5 cm³/mol. The fourth-order valence-corrected chi connectivity index (χ4v) is 3.74. The summed E-state index contributed by atoms with van der Waals surface area (Å²) in [5, 5.41) is 18.1. The Kier molecular flexibility index (Phi) is 2.15. The molecule has 94 valence electrons. The Hall–Kier alpha value is -0.970. The first-order valence-corrected chi connectivity index (χ1v) is 5.92. The number of carboxylic acids is 1. The number of allylic oxidation sites excluding steroid dienone is 1. The molecule has 5 aliphatic rings. The molecule has 3 fully saturated rings. The van der Waals surface area contributed by atoms with Crippen LogP contribution in [0.25, 0.3) is 0 Å². The van der Waals surface area contributed by atoms with Crippen molar-refractivity contribution in [2.24, 2.45) is 23.7 Å². The van der Waals surface area contributed by atoms with Gasteiger partial charge in [0.15, 0.2) is 0 Å². The summed E-state index contributed by atoms with van der Waals surface area (Å²) in [6.07, 6.45) is 2.43. The summed E-state index contributed by atoms with van der Waals surface area (Å²) >= 11 is 0. The molecule has 17 heavy (non-hydrogen) atoms. The van der Waals surface area contributed by atoms with Crippen molar-refractivity contribution in [3.05, 3.63) is 11.6 Å². The van der Waals surface area contributed by atoms with Crippen molar-refractivity contribution >= 4 is 5.97 Å². The first-order chi connectivity index (χ1) is 7.91. The van der Waals surface area contributed by atoms with Crippen molar-refractivity contribution in [2.45, 2.75) is 31.3 Å². The zero-order valence-corrected chi connectivity index (χ0v) is 9.14. The van der Waals surface area contributed by atoms with Crippen LogP contribution < -0.4 is 0 Å². The molecule has 4 bridgehead atoms. The second kappa shape index (κ2) is 3.28. The van der Waals surface area contributed by atoms with E-state index in [0.29, 0.717) is 11.8 Å². The van der Waals surface area contributed by atoms with Crippen LogP contribution in [-0.4, -0.2) is 28.2 Å². The number of rotatable bonds is 3. The van der Waals surface area contributed by atoms with Gasteiger partial charge in [-0.25, -0.2) is 4.79 Å². The van der Waals surface area contributed by atoms with Gasteiger partial charge in [-0.3, -0.25) is 0 Å². The van der Waals surface area contributed by atoms with E-state index in [1.165, 1.54) is 5.57 Å². The summed E-state index contributed by atoms with van der Waals surface area (Å²) in [6.45, 7) is 0. The largest absolute Gasteiger partial charge is 0.477 e. The fraction of sp³-hybridized carbons (Fsp3) is 0.750. The molecule has 0 aromatic heterocycles. The Balaban J connectivity index is 1.85. The van der Waals surface area contributed by atoms with Gasteiger partial charge in [0, 0.05) is 5.92 Å². The SMILES string of the molecule is O=C(O)C(F)(F)C(O)C1C=C2C3CC2CC1C3. The van der Waals surface area contributed by atoms with Gasteiger partial charge in [-0.1, -0.05) is 11.6 Å². The van der Waals surface area contributed by atoms with Crippen molar-refractivity contribution in [1.82, 2.24) is 0 Å². The van der Waals surface area contributed by atoms with Crippen LogP contribution in [0.4, 0.5) is 8.78 Å². The van der Waals surface area contributed by atoms with Crippen LogP contribution in [0, 0.1) is 23.7 Å². The summed E-state index contributed by atoms with van der Waals surface area (Å²) < 4.78 is 26.6. The summed E-state index contributed by atoms with van der Waals surface area (Å²) in [4.78, 5) is 10.5. The van der Waals surface area contributed by atoms with E-state index in [1.807, 2.05) is 0 Å². The summed E-state index contributed by atoms with van der Waals surface area (Å²) in [6, 6.07) is 0. The van der Waals surface area contributed by atoms with Gasteiger partial charge in [-0.15, -0.1) is 0 Å². The molecule has 4 atom stereocenters. The number of aliphatic carboxylic acids is 1. The highest BCUT2D eigenvalue weighted by atomic mass is 19.3. The molecule has 3 saturated carbocycles. The van der Waals surface area contributed by atoms with E-state index in [2.05, 4.69) is 0 Å². The molecule has 0 aromatic rings. The molecule has 5 aliphatic carbocycles. The Morgan fingerprint density at radius 2 is 1.94 bits per heavy atom. The number of halogens is 2. The molecule has 0 spiro atoms.